The van der Waals surface area contributed by atoms with Gasteiger partial charge in [0, 0.05) is 24.2 Å². The molecule has 2 aromatic carbocycles. The average Bonchev–Trinajstić information content (AvgIpc) is 2.76. The Morgan fingerprint density at radius 1 is 1.03 bits per heavy atom. The molecule has 0 atom stereocenters. The maximum atomic E-state index is 12.3. The molecule has 3 rings (SSSR count). The monoisotopic (exact) mass is 422 g/mol. The van der Waals surface area contributed by atoms with Crippen LogP contribution >= 0.6 is 0 Å². The Labute approximate surface area is 181 Å². The number of fused-ring (bicyclic) bond motifs is 1. The highest BCUT2D eigenvalue weighted by molar-refractivity contribution is 6.00. The number of pyridine rings is 1. The molecule has 0 aliphatic rings. The van der Waals surface area contributed by atoms with E-state index in [0.717, 1.165) is 6.42 Å². The summed E-state index contributed by atoms with van der Waals surface area (Å²) in [4.78, 5) is 30.6. The van der Waals surface area contributed by atoms with Crippen LogP contribution in [0.4, 0.5) is 0 Å². The Morgan fingerprint density at radius 3 is 2.45 bits per heavy atom. The molecule has 3 aromatic rings. The highest BCUT2D eigenvalue weighted by Gasteiger charge is 2.22. The van der Waals surface area contributed by atoms with Crippen LogP contribution in [0.5, 0.6) is 17.2 Å². The third kappa shape index (κ3) is 5.12. The predicted molar refractivity (Wildman–Crippen MR) is 117 cm³/mol. The largest absolute Gasteiger partial charge is 0.505 e. The Bertz CT molecular complexity index is 1080. The molecule has 7 heteroatoms. The van der Waals surface area contributed by atoms with E-state index in [1.54, 1.807) is 37.1 Å². The van der Waals surface area contributed by atoms with Gasteiger partial charge in [-0.05, 0) is 43.7 Å². The van der Waals surface area contributed by atoms with Gasteiger partial charge < -0.3 is 19.5 Å². The molecule has 1 aromatic heterocycles. The minimum Gasteiger partial charge on any atom is -0.505 e. The van der Waals surface area contributed by atoms with Crippen molar-refractivity contribution < 1.29 is 24.2 Å². The molecule has 0 aliphatic heterocycles. The fraction of sp³-hybridized carbons (Fsp3) is 0.292. The number of hydrogen-bond donors (Lipinski definition) is 1. The van der Waals surface area contributed by atoms with E-state index < -0.39 is 5.97 Å². The van der Waals surface area contributed by atoms with Crippen molar-refractivity contribution >= 4 is 22.6 Å². The molecule has 1 N–H and O–H groups in total. The number of rotatable bonds is 8. The van der Waals surface area contributed by atoms with Gasteiger partial charge in [0.1, 0.15) is 11.5 Å². The average molecular weight is 422 g/mol. The molecule has 0 bridgehead atoms. The molecule has 7 nitrogen and oxygen atoms in total. The lowest BCUT2D eigenvalue weighted by Gasteiger charge is -2.19. The number of para-hydroxylation sites is 1. The number of nitrogens with zero attached hydrogens (tertiary/aromatic N) is 2. The highest BCUT2D eigenvalue weighted by atomic mass is 16.5. The van der Waals surface area contributed by atoms with Gasteiger partial charge in [-0.1, -0.05) is 25.1 Å². The first-order chi connectivity index (χ1) is 14.9. The van der Waals surface area contributed by atoms with Gasteiger partial charge in [0.15, 0.2) is 11.4 Å². The normalized spacial score (nSPS) is 10.7. The van der Waals surface area contributed by atoms with Crippen LogP contribution in [0.1, 0.15) is 42.9 Å². The van der Waals surface area contributed by atoms with Crippen molar-refractivity contribution in [2.45, 2.75) is 33.2 Å². The van der Waals surface area contributed by atoms with Crippen molar-refractivity contribution in [3.63, 3.8) is 0 Å². The zero-order valence-corrected chi connectivity index (χ0v) is 17.9. The summed E-state index contributed by atoms with van der Waals surface area (Å²) >= 11 is 0. The molecule has 0 spiro atoms. The van der Waals surface area contributed by atoms with Crippen LogP contribution in [0.3, 0.4) is 0 Å². The van der Waals surface area contributed by atoms with Gasteiger partial charge in [0.25, 0.3) is 0 Å². The summed E-state index contributed by atoms with van der Waals surface area (Å²) in [5.41, 5.74) is 0.304. The van der Waals surface area contributed by atoms with Gasteiger partial charge in [-0.2, -0.15) is 0 Å². The third-order valence-corrected chi connectivity index (χ3v) is 4.75. The van der Waals surface area contributed by atoms with Crippen molar-refractivity contribution in [1.29, 1.82) is 0 Å². The second kappa shape index (κ2) is 9.93. The van der Waals surface area contributed by atoms with Crippen LogP contribution < -0.4 is 4.74 Å². The summed E-state index contributed by atoms with van der Waals surface area (Å²) in [6.07, 6.45) is 1.15. The minimum absolute atomic E-state index is 0.0279. The van der Waals surface area contributed by atoms with Gasteiger partial charge in [0.05, 0.1) is 18.8 Å². The molecule has 0 aliphatic carbocycles. The summed E-state index contributed by atoms with van der Waals surface area (Å²) in [5.74, 6) is 0.215. The topological polar surface area (TPSA) is 89.0 Å². The number of amides is 1. The first kappa shape index (κ1) is 22.1. The van der Waals surface area contributed by atoms with Gasteiger partial charge in [-0.25, -0.2) is 9.78 Å². The molecule has 0 unspecified atom stereocenters. The lowest BCUT2D eigenvalue weighted by atomic mass is 10.1. The molecule has 1 heterocycles. The quantitative estimate of drug-likeness (QED) is 0.531. The van der Waals surface area contributed by atoms with E-state index in [2.05, 4.69) is 4.98 Å². The van der Waals surface area contributed by atoms with E-state index in [1.165, 1.54) is 0 Å². The number of benzene rings is 2. The van der Waals surface area contributed by atoms with Crippen molar-refractivity contribution in [1.82, 2.24) is 9.88 Å². The minimum atomic E-state index is -0.713. The zero-order chi connectivity index (χ0) is 22.4. The van der Waals surface area contributed by atoms with Gasteiger partial charge in [-0.15, -0.1) is 0 Å². The molecule has 0 radical (unpaired) electrons. The lowest BCUT2D eigenvalue weighted by Crippen LogP contribution is -2.26. The summed E-state index contributed by atoms with van der Waals surface area (Å²) in [6.45, 7) is 3.95. The van der Waals surface area contributed by atoms with E-state index in [0.29, 0.717) is 34.4 Å². The number of ether oxygens (including phenoxy) is 2. The van der Waals surface area contributed by atoms with Gasteiger partial charge in [0.2, 0.25) is 5.91 Å². The summed E-state index contributed by atoms with van der Waals surface area (Å²) < 4.78 is 10.9. The van der Waals surface area contributed by atoms with Crippen molar-refractivity contribution in [2.24, 2.45) is 0 Å². The standard InChI is InChI=1S/C24H26N2O5/c1-4-9-21(27)26(3)15-20-19-14-17(31-16-10-7-6-8-11-16)12-13-18(19)23(28)22(25-20)24(29)30-5-2/h6-8,10-14,28H,4-5,9,15H2,1-3H3. The van der Waals surface area contributed by atoms with Crippen LogP contribution in [0.2, 0.25) is 0 Å². The highest BCUT2D eigenvalue weighted by Crippen LogP contribution is 2.34. The van der Waals surface area contributed by atoms with Crippen LogP contribution in [0.15, 0.2) is 48.5 Å². The van der Waals surface area contributed by atoms with Crippen LogP contribution in [-0.2, 0) is 16.1 Å². The van der Waals surface area contributed by atoms with E-state index >= 15 is 0 Å². The summed E-state index contributed by atoms with van der Waals surface area (Å²) in [6, 6.07) is 14.4. The van der Waals surface area contributed by atoms with Crippen molar-refractivity contribution in [3.05, 3.63) is 59.9 Å². The number of carbonyl (C=O) groups excluding carboxylic acids is 2. The first-order valence-corrected chi connectivity index (χ1v) is 10.2. The number of carbonyl (C=O) groups is 2. The Morgan fingerprint density at radius 2 is 1.77 bits per heavy atom. The SMILES string of the molecule is CCCC(=O)N(C)Cc1nc(C(=O)OCC)c(O)c2ccc(Oc3ccccc3)cc12. The molecule has 1 amide bonds. The molecule has 162 valence electrons. The molecular weight excluding hydrogens is 396 g/mol. The lowest BCUT2D eigenvalue weighted by molar-refractivity contribution is -0.130. The van der Waals surface area contributed by atoms with E-state index in [9.17, 15) is 14.7 Å². The van der Waals surface area contributed by atoms with E-state index in [1.807, 2.05) is 37.3 Å². The maximum absolute atomic E-state index is 12.3. The van der Waals surface area contributed by atoms with Crippen molar-refractivity contribution in [3.8, 4) is 17.2 Å². The predicted octanol–water partition coefficient (Wildman–Crippen LogP) is 4.67. The smallest absolute Gasteiger partial charge is 0.360 e. The van der Waals surface area contributed by atoms with E-state index in [4.69, 9.17) is 9.47 Å². The summed E-state index contributed by atoms with van der Waals surface area (Å²) in [7, 11) is 1.69. The molecular formula is C24H26N2O5. The van der Waals surface area contributed by atoms with Crippen LogP contribution in [0.25, 0.3) is 10.8 Å². The second-order valence-electron chi connectivity index (χ2n) is 7.10. The first-order valence-electron chi connectivity index (χ1n) is 10.2. The Balaban J connectivity index is 2.08. The molecule has 0 saturated carbocycles. The molecule has 0 saturated heterocycles. The van der Waals surface area contributed by atoms with Crippen molar-refractivity contribution in [2.75, 3.05) is 13.7 Å². The van der Waals surface area contributed by atoms with Gasteiger partial charge >= 0.3 is 5.97 Å². The second-order valence-corrected chi connectivity index (χ2v) is 7.10. The number of hydrogen-bond acceptors (Lipinski definition) is 6. The molecule has 0 fully saturated rings. The van der Waals surface area contributed by atoms with Crippen LogP contribution in [0, 0.1) is 0 Å². The fourth-order valence-electron chi connectivity index (χ4n) is 3.21. The Hall–Kier alpha value is -3.61. The fourth-order valence-corrected chi connectivity index (χ4v) is 3.21. The summed E-state index contributed by atoms with van der Waals surface area (Å²) in [5, 5.41) is 11.7. The third-order valence-electron chi connectivity index (χ3n) is 4.75. The number of aromatic hydroxyl groups is 1. The van der Waals surface area contributed by atoms with Gasteiger partial charge in [-0.3, -0.25) is 4.79 Å². The van der Waals surface area contributed by atoms with E-state index in [-0.39, 0.29) is 30.5 Å². The number of esters is 1. The van der Waals surface area contributed by atoms with Crippen LogP contribution in [-0.4, -0.2) is 40.5 Å². The number of aromatic nitrogens is 1. The zero-order valence-electron chi connectivity index (χ0n) is 17.9. The molecule has 31 heavy (non-hydrogen) atoms. The maximum Gasteiger partial charge on any atom is 0.360 e. The Kier molecular flexibility index (Phi) is 7.07.